The summed E-state index contributed by atoms with van der Waals surface area (Å²) in [7, 11) is 0. The van der Waals surface area contributed by atoms with Crippen molar-refractivity contribution in [2.75, 3.05) is 5.32 Å². The first-order valence-electron chi connectivity index (χ1n) is 5.50. The molecule has 0 atom stereocenters. The Morgan fingerprint density at radius 1 is 1.10 bits per heavy atom. The number of hydrogen-bond donors (Lipinski definition) is 1. The first-order valence-corrected chi connectivity index (χ1v) is 6.70. The molecular weight excluding hydrogens is 309 g/mol. The molecule has 2 aromatic carbocycles. The van der Waals surface area contributed by atoms with Gasteiger partial charge in [0.05, 0.1) is 15.9 Å². The zero-order valence-electron chi connectivity index (χ0n) is 9.75. The third-order valence-electron chi connectivity index (χ3n) is 2.59. The maximum atomic E-state index is 13.5. The monoisotopic (exact) mass is 314 g/mol. The molecule has 0 bridgehead atoms. The van der Waals surface area contributed by atoms with Gasteiger partial charge in [-0.2, -0.15) is 0 Å². The molecular formula is C13H6ClF3N2S. The lowest BCUT2D eigenvalue weighted by atomic mass is 10.3. The molecule has 0 fully saturated rings. The van der Waals surface area contributed by atoms with Gasteiger partial charge in [0.25, 0.3) is 0 Å². The molecule has 0 radical (unpaired) electrons. The zero-order chi connectivity index (χ0) is 14.3. The van der Waals surface area contributed by atoms with Crippen molar-refractivity contribution in [3.63, 3.8) is 0 Å². The Morgan fingerprint density at radius 3 is 2.70 bits per heavy atom. The van der Waals surface area contributed by atoms with Gasteiger partial charge in [0.1, 0.15) is 5.82 Å². The Labute approximate surface area is 120 Å². The van der Waals surface area contributed by atoms with Crippen LogP contribution < -0.4 is 5.32 Å². The predicted octanol–water partition coefficient (Wildman–Crippen LogP) is 5.11. The van der Waals surface area contributed by atoms with Gasteiger partial charge in [0.2, 0.25) is 0 Å². The van der Waals surface area contributed by atoms with Crippen LogP contribution in [-0.4, -0.2) is 4.98 Å². The zero-order valence-corrected chi connectivity index (χ0v) is 11.3. The van der Waals surface area contributed by atoms with Gasteiger partial charge in [-0.15, -0.1) is 0 Å². The Balaban J connectivity index is 2.01. The van der Waals surface area contributed by atoms with E-state index in [0.29, 0.717) is 21.7 Å². The molecule has 0 saturated heterocycles. The van der Waals surface area contributed by atoms with Gasteiger partial charge in [-0.3, -0.25) is 0 Å². The minimum Gasteiger partial charge on any atom is -0.329 e. The topological polar surface area (TPSA) is 24.9 Å². The molecule has 1 heterocycles. The molecule has 0 unspecified atom stereocenters. The van der Waals surface area contributed by atoms with Crippen LogP contribution in [0.15, 0.2) is 30.3 Å². The summed E-state index contributed by atoms with van der Waals surface area (Å²) in [5.74, 6) is -3.27. The van der Waals surface area contributed by atoms with Crippen molar-refractivity contribution in [1.29, 1.82) is 0 Å². The van der Waals surface area contributed by atoms with Crippen molar-refractivity contribution in [3.8, 4) is 0 Å². The number of fused-ring (bicyclic) bond motifs is 1. The van der Waals surface area contributed by atoms with Gasteiger partial charge in [-0.1, -0.05) is 22.9 Å². The van der Waals surface area contributed by atoms with E-state index in [4.69, 9.17) is 11.6 Å². The lowest BCUT2D eigenvalue weighted by molar-refractivity contribution is 0.498. The molecule has 1 aromatic heterocycles. The fourth-order valence-corrected chi connectivity index (χ4v) is 2.87. The Kier molecular flexibility index (Phi) is 3.27. The molecule has 0 spiro atoms. The van der Waals surface area contributed by atoms with Crippen LogP contribution in [0.1, 0.15) is 0 Å². The van der Waals surface area contributed by atoms with Crippen molar-refractivity contribution in [3.05, 3.63) is 52.8 Å². The highest BCUT2D eigenvalue weighted by molar-refractivity contribution is 7.22. The normalized spacial score (nSPS) is 11.0. The summed E-state index contributed by atoms with van der Waals surface area (Å²) in [4.78, 5) is 4.19. The second-order valence-corrected chi connectivity index (χ2v) is 5.47. The summed E-state index contributed by atoms with van der Waals surface area (Å²) >= 11 is 7.06. The highest BCUT2D eigenvalue weighted by Gasteiger charge is 2.13. The molecule has 0 aliphatic heterocycles. The maximum Gasteiger partial charge on any atom is 0.188 e. The average molecular weight is 315 g/mol. The van der Waals surface area contributed by atoms with E-state index in [1.54, 1.807) is 18.2 Å². The van der Waals surface area contributed by atoms with E-state index in [1.165, 1.54) is 11.3 Å². The second-order valence-electron chi connectivity index (χ2n) is 4.01. The standard InChI is InChI=1S/C13H6ClF3N2S/c14-6-1-2-9-11(3-6)20-13(18-9)19-10-5-7(15)4-8(16)12(10)17/h1-5H,(H,18,19). The summed E-state index contributed by atoms with van der Waals surface area (Å²) in [6.07, 6.45) is 0. The molecule has 102 valence electrons. The SMILES string of the molecule is Fc1cc(F)c(F)c(Nc2nc3ccc(Cl)cc3s2)c1. The molecule has 7 heteroatoms. The molecule has 0 aliphatic carbocycles. The minimum atomic E-state index is -1.25. The van der Waals surface area contributed by atoms with Crippen LogP contribution in [0.5, 0.6) is 0 Å². The first kappa shape index (κ1) is 13.2. The lowest BCUT2D eigenvalue weighted by Gasteiger charge is -2.04. The molecule has 0 amide bonds. The van der Waals surface area contributed by atoms with E-state index in [9.17, 15) is 13.2 Å². The van der Waals surface area contributed by atoms with Gasteiger partial charge in [0.15, 0.2) is 16.8 Å². The predicted molar refractivity (Wildman–Crippen MR) is 74.2 cm³/mol. The Hall–Kier alpha value is -1.79. The van der Waals surface area contributed by atoms with Gasteiger partial charge < -0.3 is 5.32 Å². The second kappa shape index (κ2) is 4.96. The van der Waals surface area contributed by atoms with E-state index < -0.39 is 17.5 Å². The number of nitrogens with one attached hydrogen (secondary N) is 1. The lowest BCUT2D eigenvalue weighted by Crippen LogP contribution is -1.97. The maximum absolute atomic E-state index is 13.5. The summed E-state index contributed by atoms with van der Waals surface area (Å²) in [5, 5.41) is 3.45. The van der Waals surface area contributed by atoms with Crippen molar-refractivity contribution >= 4 is 44.0 Å². The van der Waals surface area contributed by atoms with Gasteiger partial charge >= 0.3 is 0 Å². The largest absolute Gasteiger partial charge is 0.329 e. The number of thiazole rings is 1. The average Bonchev–Trinajstić information content (AvgIpc) is 2.76. The molecule has 2 nitrogen and oxygen atoms in total. The molecule has 3 rings (SSSR count). The van der Waals surface area contributed by atoms with Crippen molar-refractivity contribution in [2.24, 2.45) is 0 Å². The molecule has 1 N–H and O–H groups in total. The van der Waals surface area contributed by atoms with Gasteiger partial charge in [-0.25, -0.2) is 18.2 Å². The van der Waals surface area contributed by atoms with Crippen molar-refractivity contribution < 1.29 is 13.2 Å². The fraction of sp³-hybridized carbons (Fsp3) is 0. The van der Waals surface area contributed by atoms with E-state index in [-0.39, 0.29) is 5.69 Å². The number of anilines is 2. The fourth-order valence-electron chi connectivity index (χ4n) is 1.71. The van der Waals surface area contributed by atoms with E-state index in [1.807, 2.05) is 0 Å². The number of nitrogens with zero attached hydrogens (tertiary/aromatic N) is 1. The summed E-state index contributed by atoms with van der Waals surface area (Å²) in [5.41, 5.74) is 0.367. The number of hydrogen-bond acceptors (Lipinski definition) is 3. The molecule has 20 heavy (non-hydrogen) atoms. The first-order chi connectivity index (χ1) is 9.52. The smallest absolute Gasteiger partial charge is 0.188 e. The number of benzene rings is 2. The number of halogens is 4. The summed E-state index contributed by atoms with van der Waals surface area (Å²) in [6.45, 7) is 0. The van der Waals surface area contributed by atoms with E-state index in [0.717, 1.165) is 10.8 Å². The van der Waals surface area contributed by atoms with Crippen LogP contribution in [0.3, 0.4) is 0 Å². The quantitative estimate of drug-likeness (QED) is 0.665. The van der Waals surface area contributed by atoms with Crippen LogP contribution in [0.25, 0.3) is 10.2 Å². The van der Waals surface area contributed by atoms with E-state index in [2.05, 4.69) is 10.3 Å². The highest BCUT2D eigenvalue weighted by atomic mass is 35.5. The minimum absolute atomic E-state index is 0.298. The Bertz CT molecular complexity index is 804. The van der Waals surface area contributed by atoms with Gasteiger partial charge in [-0.05, 0) is 18.2 Å². The van der Waals surface area contributed by atoms with Crippen LogP contribution in [0, 0.1) is 17.5 Å². The van der Waals surface area contributed by atoms with Crippen LogP contribution >= 0.6 is 22.9 Å². The summed E-state index contributed by atoms with van der Waals surface area (Å²) < 4.78 is 40.5. The van der Waals surface area contributed by atoms with Gasteiger partial charge in [0, 0.05) is 17.2 Å². The molecule has 0 aliphatic rings. The van der Waals surface area contributed by atoms with Crippen LogP contribution in [-0.2, 0) is 0 Å². The molecule has 0 saturated carbocycles. The number of rotatable bonds is 2. The van der Waals surface area contributed by atoms with Crippen molar-refractivity contribution in [2.45, 2.75) is 0 Å². The summed E-state index contributed by atoms with van der Waals surface area (Å²) in [6, 6.07) is 6.45. The highest BCUT2D eigenvalue weighted by Crippen LogP contribution is 2.31. The van der Waals surface area contributed by atoms with E-state index >= 15 is 0 Å². The third-order valence-corrected chi connectivity index (χ3v) is 3.75. The Morgan fingerprint density at radius 2 is 1.90 bits per heavy atom. The number of aromatic nitrogens is 1. The van der Waals surface area contributed by atoms with Crippen molar-refractivity contribution in [1.82, 2.24) is 4.98 Å². The third kappa shape index (κ3) is 2.44. The van der Waals surface area contributed by atoms with Crippen LogP contribution in [0.4, 0.5) is 24.0 Å². The molecule has 3 aromatic rings. The van der Waals surface area contributed by atoms with Crippen LogP contribution in [0.2, 0.25) is 5.02 Å².